The van der Waals surface area contributed by atoms with Crippen molar-refractivity contribution in [2.75, 3.05) is 19.5 Å². The Balaban J connectivity index is 1.86. The first-order valence-electron chi connectivity index (χ1n) is 12.4. The maximum atomic E-state index is 13.4. The number of hydrogen-bond donors (Lipinski definition) is 1. The molecule has 35 heavy (non-hydrogen) atoms. The van der Waals surface area contributed by atoms with E-state index < -0.39 is 0 Å². The molecule has 3 rings (SSSR count). The van der Waals surface area contributed by atoms with Crippen LogP contribution < -0.4 is 14.8 Å². The zero-order chi connectivity index (χ0) is 25.4. The first-order valence-corrected chi connectivity index (χ1v) is 12.4. The fourth-order valence-electron chi connectivity index (χ4n) is 4.43. The molecule has 0 fully saturated rings. The van der Waals surface area contributed by atoms with Crippen LogP contribution >= 0.6 is 0 Å². The van der Waals surface area contributed by atoms with Crippen molar-refractivity contribution in [1.82, 2.24) is 9.78 Å². The second-order valence-corrected chi connectivity index (χ2v) is 10.0. The summed E-state index contributed by atoms with van der Waals surface area (Å²) in [6, 6.07) is 14.1. The lowest BCUT2D eigenvalue weighted by molar-refractivity contribution is -0.116. The molecular formula is C29H39N3O3. The number of ether oxygens (including phenoxy) is 2. The maximum Gasteiger partial charge on any atom is 0.224 e. The third kappa shape index (κ3) is 7.10. The molecule has 6 nitrogen and oxygen atoms in total. The van der Waals surface area contributed by atoms with Crippen molar-refractivity contribution in [3.05, 3.63) is 71.5 Å². The van der Waals surface area contributed by atoms with Crippen molar-refractivity contribution in [2.45, 2.75) is 71.3 Å². The quantitative estimate of drug-likeness (QED) is 0.340. The Bertz CT molecular complexity index is 1100. The molecule has 1 heterocycles. The number of unbranched alkanes of at least 4 members (excludes halogenated alkanes) is 1. The van der Waals surface area contributed by atoms with Crippen LogP contribution in [0.15, 0.2) is 54.9 Å². The highest BCUT2D eigenvalue weighted by Crippen LogP contribution is 2.36. The summed E-state index contributed by atoms with van der Waals surface area (Å²) in [5, 5.41) is 7.55. The molecule has 188 valence electrons. The fraction of sp³-hybridized carbons (Fsp3) is 0.448. The molecule has 1 atom stereocenters. The van der Waals surface area contributed by atoms with Gasteiger partial charge in [-0.15, -0.1) is 0 Å². The van der Waals surface area contributed by atoms with Crippen LogP contribution in [-0.4, -0.2) is 29.9 Å². The van der Waals surface area contributed by atoms with E-state index in [1.807, 2.05) is 35.1 Å². The summed E-state index contributed by atoms with van der Waals surface area (Å²) in [6.45, 7) is 9.32. The van der Waals surface area contributed by atoms with Crippen LogP contribution in [0, 0.1) is 0 Å². The molecule has 0 aliphatic carbocycles. The molecule has 0 aliphatic rings. The predicted molar refractivity (Wildman–Crippen MR) is 142 cm³/mol. The highest BCUT2D eigenvalue weighted by atomic mass is 16.5. The zero-order valence-electron chi connectivity index (χ0n) is 21.9. The van der Waals surface area contributed by atoms with Crippen molar-refractivity contribution in [3.8, 4) is 11.5 Å². The van der Waals surface area contributed by atoms with Gasteiger partial charge in [0, 0.05) is 30.6 Å². The minimum absolute atomic E-state index is 0.00529. The number of carbonyl (C=O) groups excluding carboxylic acids is 1. The Morgan fingerprint density at radius 1 is 1.11 bits per heavy atom. The van der Waals surface area contributed by atoms with E-state index in [-0.39, 0.29) is 17.2 Å². The van der Waals surface area contributed by atoms with E-state index in [9.17, 15) is 4.79 Å². The number of nitrogens with one attached hydrogen (secondary N) is 1. The van der Waals surface area contributed by atoms with E-state index in [4.69, 9.17) is 9.47 Å². The van der Waals surface area contributed by atoms with Crippen LogP contribution in [0.5, 0.6) is 11.5 Å². The molecule has 0 saturated heterocycles. The molecular weight excluding hydrogens is 438 g/mol. The Kier molecular flexibility index (Phi) is 8.96. The number of rotatable bonds is 11. The number of methoxy groups -OCH3 is 2. The molecule has 0 aliphatic heterocycles. The van der Waals surface area contributed by atoms with Crippen LogP contribution in [0.2, 0.25) is 0 Å². The van der Waals surface area contributed by atoms with Gasteiger partial charge in [-0.25, -0.2) is 0 Å². The van der Waals surface area contributed by atoms with Crippen LogP contribution in [0.25, 0.3) is 0 Å². The molecule has 0 bridgehead atoms. The smallest absolute Gasteiger partial charge is 0.224 e. The van der Waals surface area contributed by atoms with Gasteiger partial charge in [0.2, 0.25) is 5.91 Å². The van der Waals surface area contributed by atoms with Crippen molar-refractivity contribution in [1.29, 1.82) is 0 Å². The van der Waals surface area contributed by atoms with E-state index >= 15 is 0 Å². The standard InChI is InChI=1S/C29H39N3O3/c1-7-8-10-22(24-13-12-23(34-5)19-27(24)35-6)18-28(33)31-26-17-21(20-32-16-9-15-30-32)11-14-25(26)29(2,3)4/h9,11-17,19,22H,7-8,10,18,20H2,1-6H3,(H,31,33). The Morgan fingerprint density at radius 3 is 2.54 bits per heavy atom. The van der Waals surface area contributed by atoms with Gasteiger partial charge >= 0.3 is 0 Å². The zero-order valence-corrected chi connectivity index (χ0v) is 21.9. The second kappa shape index (κ2) is 11.9. The van der Waals surface area contributed by atoms with Crippen molar-refractivity contribution in [3.63, 3.8) is 0 Å². The first-order chi connectivity index (χ1) is 16.7. The second-order valence-electron chi connectivity index (χ2n) is 10.0. The van der Waals surface area contributed by atoms with Gasteiger partial charge in [-0.1, -0.05) is 58.7 Å². The Hall–Kier alpha value is -3.28. The normalized spacial score (nSPS) is 12.3. The monoisotopic (exact) mass is 477 g/mol. The van der Waals surface area contributed by atoms with Crippen molar-refractivity contribution in [2.24, 2.45) is 0 Å². The Labute approximate surface area is 209 Å². The number of aromatic nitrogens is 2. The maximum absolute atomic E-state index is 13.4. The summed E-state index contributed by atoms with van der Waals surface area (Å²) >= 11 is 0. The van der Waals surface area contributed by atoms with E-state index in [0.29, 0.717) is 13.0 Å². The minimum atomic E-state index is -0.104. The lowest BCUT2D eigenvalue weighted by Crippen LogP contribution is -2.21. The van der Waals surface area contributed by atoms with Gasteiger partial charge in [-0.3, -0.25) is 9.48 Å². The first kappa shape index (κ1) is 26.3. The van der Waals surface area contributed by atoms with E-state index in [1.165, 1.54) is 0 Å². The average molecular weight is 478 g/mol. The number of anilines is 1. The summed E-state index contributed by atoms with van der Waals surface area (Å²) in [6.07, 6.45) is 7.13. The third-order valence-corrected chi connectivity index (χ3v) is 6.29. The minimum Gasteiger partial charge on any atom is -0.497 e. The lowest BCUT2D eigenvalue weighted by Gasteiger charge is -2.25. The SMILES string of the molecule is CCCCC(CC(=O)Nc1cc(Cn2cccn2)ccc1C(C)(C)C)c1ccc(OC)cc1OC. The van der Waals surface area contributed by atoms with Gasteiger partial charge in [-0.05, 0) is 52.6 Å². The van der Waals surface area contributed by atoms with Gasteiger partial charge in [0.25, 0.3) is 0 Å². The largest absolute Gasteiger partial charge is 0.497 e. The van der Waals surface area contributed by atoms with E-state index in [1.54, 1.807) is 20.4 Å². The highest BCUT2D eigenvalue weighted by molar-refractivity contribution is 5.92. The predicted octanol–water partition coefficient (Wildman–Crippen LogP) is 6.55. The van der Waals surface area contributed by atoms with E-state index in [2.05, 4.69) is 56.3 Å². The lowest BCUT2D eigenvalue weighted by atomic mass is 9.85. The molecule has 1 amide bonds. The highest BCUT2D eigenvalue weighted by Gasteiger charge is 2.23. The average Bonchev–Trinajstić information content (AvgIpc) is 3.33. The molecule has 0 saturated carbocycles. The molecule has 0 spiro atoms. The summed E-state index contributed by atoms with van der Waals surface area (Å²) < 4.78 is 12.9. The van der Waals surface area contributed by atoms with Gasteiger partial charge in [-0.2, -0.15) is 5.10 Å². The molecule has 6 heteroatoms. The molecule has 2 aromatic carbocycles. The summed E-state index contributed by atoms with van der Waals surface area (Å²) in [5.74, 6) is 1.56. The van der Waals surface area contributed by atoms with Crippen LogP contribution in [0.1, 0.15) is 76.0 Å². The number of benzene rings is 2. The summed E-state index contributed by atoms with van der Waals surface area (Å²) in [5.41, 5.74) is 4.01. The number of hydrogen-bond acceptors (Lipinski definition) is 4. The van der Waals surface area contributed by atoms with Crippen LogP contribution in [0.3, 0.4) is 0 Å². The fourth-order valence-corrected chi connectivity index (χ4v) is 4.43. The summed E-state index contributed by atoms with van der Waals surface area (Å²) in [7, 11) is 3.31. The topological polar surface area (TPSA) is 65.4 Å². The van der Waals surface area contributed by atoms with Gasteiger partial charge in [0.1, 0.15) is 11.5 Å². The molecule has 1 N–H and O–H groups in total. The van der Waals surface area contributed by atoms with Crippen LogP contribution in [0.4, 0.5) is 5.69 Å². The van der Waals surface area contributed by atoms with Gasteiger partial charge in [0.05, 0.1) is 20.8 Å². The van der Waals surface area contributed by atoms with Gasteiger partial charge in [0.15, 0.2) is 0 Å². The number of carbonyl (C=O) groups is 1. The van der Waals surface area contributed by atoms with Gasteiger partial charge < -0.3 is 14.8 Å². The third-order valence-electron chi connectivity index (χ3n) is 6.29. The molecule has 3 aromatic rings. The Morgan fingerprint density at radius 2 is 1.91 bits per heavy atom. The van der Waals surface area contributed by atoms with E-state index in [0.717, 1.165) is 53.1 Å². The van der Waals surface area contributed by atoms with Crippen molar-refractivity contribution < 1.29 is 14.3 Å². The molecule has 0 radical (unpaired) electrons. The molecule has 1 aromatic heterocycles. The molecule has 1 unspecified atom stereocenters. The van der Waals surface area contributed by atoms with Crippen molar-refractivity contribution >= 4 is 11.6 Å². The number of nitrogens with zero attached hydrogens (tertiary/aromatic N) is 2. The van der Waals surface area contributed by atoms with Crippen LogP contribution in [-0.2, 0) is 16.8 Å². The number of amides is 1. The summed E-state index contributed by atoms with van der Waals surface area (Å²) in [4.78, 5) is 13.4.